The zero-order chi connectivity index (χ0) is 16.3. The van der Waals surface area contributed by atoms with Gasteiger partial charge in [0.2, 0.25) is 0 Å². The number of anilines is 1. The van der Waals surface area contributed by atoms with E-state index in [9.17, 15) is 14.0 Å². The summed E-state index contributed by atoms with van der Waals surface area (Å²) in [5.41, 5.74) is 0.480. The lowest BCUT2D eigenvalue weighted by atomic mass is 10.2. The average Bonchev–Trinajstić information content (AvgIpc) is 2.86. The van der Waals surface area contributed by atoms with Crippen molar-refractivity contribution in [1.82, 2.24) is 4.98 Å². The van der Waals surface area contributed by atoms with Gasteiger partial charge in [-0.3, -0.25) is 10.1 Å². The van der Waals surface area contributed by atoms with Crippen molar-refractivity contribution in [3.63, 3.8) is 0 Å². The molecule has 0 saturated carbocycles. The molecule has 8 heteroatoms. The summed E-state index contributed by atoms with van der Waals surface area (Å²) in [6.45, 7) is 1.63. The molecule has 0 unspecified atom stereocenters. The molecule has 2 aromatic rings. The van der Waals surface area contributed by atoms with Gasteiger partial charge in [0, 0.05) is 0 Å². The highest BCUT2D eigenvalue weighted by Crippen LogP contribution is 2.25. The number of methoxy groups -OCH3 is 2. The van der Waals surface area contributed by atoms with Crippen LogP contribution in [0.15, 0.2) is 18.2 Å². The van der Waals surface area contributed by atoms with Crippen molar-refractivity contribution in [1.29, 1.82) is 0 Å². The average molecular weight is 324 g/mol. The van der Waals surface area contributed by atoms with Crippen LogP contribution >= 0.6 is 11.3 Å². The van der Waals surface area contributed by atoms with E-state index < -0.39 is 17.7 Å². The number of aryl methyl sites for hydroxylation is 1. The Kier molecular flexibility index (Phi) is 4.71. The second kappa shape index (κ2) is 6.52. The maximum atomic E-state index is 13.3. The third-order valence-electron chi connectivity index (χ3n) is 2.79. The van der Waals surface area contributed by atoms with Crippen molar-refractivity contribution in [2.45, 2.75) is 6.92 Å². The smallest absolute Gasteiger partial charge is 0.350 e. The maximum Gasteiger partial charge on any atom is 0.350 e. The SMILES string of the molecule is COC(=O)c1sc(NC(=O)c2cc(F)ccc2OC)nc1C. The van der Waals surface area contributed by atoms with E-state index in [0.717, 1.165) is 17.4 Å². The third kappa shape index (κ3) is 3.22. The highest BCUT2D eigenvalue weighted by atomic mass is 32.1. The molecule has 0 fully saturated rings. The molecule has 0 aliphatic carbocycles. The number of esters is 1. The number of nitrogens with zero attached hydrogens (tertiary/aromatic N) is 1. The Morgan fingerprint density at radius 3 is 2.68 bits per heavy atom. The number of carbonyl (C=O) groups is 2. The minimum absolute atomic E-state index is 0.0370. The Morgan fingerprint density at radius 2 is 2.05 bits per heavy atom. The molecule has 6 nitrogen and oxygen atoms in total. The lowest BCUT2D eigenvalue weighted by Gasteiger charge is -2.07. The molecular weight excluding hydrogens is 311 g/mol. The molecule has 0 spiro atoms. The number of benzene rings is 1. The van der Waals surface area contributed by atoms with Gasteiger partial charge in [-0.05, 0) is 25.1 Å². The predicted octanol–water partition coefficient (Wildman–Crippen LogP) is 2.64. The zero-order valence-corrected chi connectivity index (χ0v) is 12.9. The normalized spacial score (nSPS) is 10.2. The maximum absolute atomic E-state index is 13.3. The van der Waals surface area contributed by atoms with Gasteiger partial charge in [0.25, 0.3) is 5.91 Å². The molecular formula is C14H13FN2O4S. The lowest BCUT2D eigenvalue weighted by molar-refractivity contribution is 0.0605. The van der Waals surface area contributed by atoms with Crippen molar-refractivity contribution in [3.05, 3.63) is 40.2 Å². The van der Waals surface area contributed by atoms with Gasteiger partial charge in [0.15, 0.2) is 5.13 Å². The number of hydrogen-bond acceptors (Lipinski definition) is 6. The molecule has 0 saturated heterocycles. The standard InChI is InChI=1S/C14H13FN2O4S/c1-7-11(13(19)21-3)22-14(16-7)17-12(18)9-6-8(15)4-5-10(9)20-2/h4-6H,1-3H3,(H,16,17,18). The van der Waals surface area contributed by atoms with Gasteiger partial charge in [0.1, 0.15) is 16.4 Å². The summed E-state index contributed by atoms with van der Waals surface area (Å²) < 4.78 is 22.9. The van der Waals surface area contributed by atoms with Crippen LogP contribution in [-0.2, 0) is 4.74 Å². The number of hydrogen-bond donors (Lipinski definition) is 1. The number of ether oxygens (including phenoxy) is 2. The predicted molar refractivity (Wildman–Crippen MR) is 79.1 cm³/mol. The second-order valence-electron chi connectivity index (χ2n) is 4.22. The molecule has 0 atom stereocenters. The molecule has 1 N–H and O–H groups in total. The number of amides is 1. The number of thiazole rings is 1. The highest BCUT2D eigenvalue weighted by Gasteiger charge is 2.19. The molecule has 116 valence electrons. The van der Waals surface area contributed by atoms with Crippen LogP contribution in [0.2, 0.25) is 0 Å². The van der Waals surface area contributed by atoms with Crippen LogP contribution in [-0.4, -0.2) is 31.1 Å². The van der Waals surface area contributed by atoms with Crippen molar-refractivity contribution in [2.75, 3.05) is 19.5 Å². The fraction of sp³-hybridized carbons (Fsp3) is 0.214. The Labute approximate surface area is 129 Å². The number of aromatic nitrogens is 1. The minimum atomic E-state index is -0.582. The first-order valence-corrected chi connectivity index (χ1v) is 6.98. The van der Waals surface area contributed by atoms with Crippen molar-refractivity contribution < 1.29 is 23.5 Å². The largest absolute Gasteiger partial charge is 0.496 e. The number of halogens is 1. The first-order chi connectivity index (χ1) is 10.5. The summed E-state index contributed by atoms with van der Waals surface area (Å²) in [6.07, 6.45) is 0. The molecule has 0 bridgehead atoms. The first kappa shape index (κ1) is 15.9. The van der Waals surface area contributed by atoms with Crippen molar-refractivity contribution in [2.24, 2.45) is 0 Å². The Balaban J connectivity index is 2.26. The topological polar surface area (TPSA) is 77.5 Å². The van der Waals surface area contributed by atoms with Gasteiger partial charge in [-0.25, -0.2) is 14.2 Å². The second-order valence-corrected chi connectivity index (χ2v) is 5.22. The van der Waals surface area contributed by atoms with Crippen LogP contribution in [0.5, 0.6) is 5.75 Å². The van der Waals surface area contributed by atoms with Crippen LogP contribution in [0.3, 0.4) is 0 Å². The monoisotopic (exact) mass is 324 g/mol. The van der Waals surface area contributed by atoms with Crippen molar-refractivity contribution >= 4 is 28.3 Å². The van der Waals surface area contributed by atoms with Crippen LogP contribution < -0.4 is 10.1 Å². The first-order valence-electron chi connectivity index (χ1n) is 6.17. The van der Waals surface area contributed by atoms with Gasteiger partial charge in [-0.15, -0.1) is 0 Å². The summed E-state index contributed by atoms with van der Waals surface area (Å²) in [5, 5.41) is 2.73. The van der Waals surface area contributed by atoms with Gasteiger partial charge < -0.3 is 9.47 Å². The van der Waals surface area contributed by atoms with Crippen molar-refractivity contribution in [3.8, 4) is 5.75 Å². The Bertz CT molecular complexity index is 730. The van der Waals surface area contributed by atoms with Gasteiger partial charge in [-0.1, -0.05) is 11.3 Å². The van der Waals surface area contributed by atoms with E-state index in [4.69, 9.17) is 4.74 Å². The zero-order valence-electron chi connectivity index (χ0n) is 12.1. The molecule has 1 aromatic heterocycles. The van der Waals surface area contributed by atoms with Gasteiger partial charge in [0.05, 0.1) is 25.5 Å². The Hall–Kier alpha value is -2.48. The molecule has 0 aliphatic heterocycles. The number of rotatable bonds is 4. The highest BCUT2D eigenvalue weighted by molar-refractivity contribution is 7.17. The number of carbonyl (C=O) groups excluding carboxylic acids is 2. The van der Waals surface area contributed by atoms with E-state index in [1.165, 1.54) is 26.4 Å². The fourth-order valence-corrected chi connectivity index (χ4v) is 2.63. The molecule has 1 heterocycles. The summed E-state index contributed by atoms with van der Waals surface area (Å²) in [4.78, 5) is 28.1. The van der Waals surface area contributed by atoms with E-state index >= 15 is 0 Å². The van der Waals surface area contributed by atoms with Crippen LogP contribution in [0.4, 0.5) is 9.52 Å². The van der Waals surface area contributed by atoms with E-state index in [2.05, 4.69) is 15.0 Å². The van der Waals surface area contributed by atoms with Gasteiger partial charge >= 0.3 is 5.97 Å². The summed E-state index contributed by atoms with van der Waals surface area (Å²) in [7, 11) is 2.64. The summed E-state index contributed by atoms with van der Waals surface area (Å²) >= 11 is 0.981. The molecule has 1 amide bonds. The molecule has 22 heavy (non-hydrogen) atoms. The van der Waals surface area contributed by atoms with E-state index in [1.807, 2.05) is 0 Å². The van der Waals surface area contributed by atoms with E-state index in [0.29, 0.717) is 10.6 Å². The van der Waals surface area contributed by atoms with E-state index in [1.54, 1.807) is 6.92 Å². The minimum Gasteiger partial charge on any atom is -0.496 e. The quantitative estimate of drug-likeness (QED) is 0.875. The number of nitrogens with one attached hydrogen (secondary N) is 1. The van der Waals surface area contributed by atoms with E-state index in [-0.39, 0.29) is 16.4 Å². The van der Waals surface area contributed by atoms with Crippen LogP contribution in [0.25, 0.3) is 0 Å². The van der Waals surface area contributed by atoms with Gasteiger partial charge in [-0.2, -0.15) is 0 Å². The Morgan fingerprint density at radius 1 is 1.32 bits per heavy atom. The summed E-state index contributed by atoms with van der Waals surface area (Å²) in [6, 6.07) is 3.62. The molecule has 2 rings (SSSR count). The molecule has 0 aliphatic rings. The third-order valence-corrected chi connectivity index (χ3v) is 3.85. The van der Waals surface area contributed by atoms with Crippen LogP contribution in [0, 0.1) is 12.7 Å². The summed E-state index contributed by atoms with van der Waals surface area (Å²) in [5.74, 6) is -1.43. The molecule has 1 aromatic carbocycles. The lowest BCUT2D eigenvalue weighted by Crippen LogP contribution is -2.13. The molecule has 0 radical (unpaired) electrons. The van der Waals surface area contributed by atoms with Crippen LogP contribution in [0.1, 0.15) is 25.7 Å². The fourth-order valence-electron chi connectivity index (χ4n) is 1.75.